The van der Waals surface area contributed by atoms with Gasteiger partial charge in [0.25, 0.3) is 0 Å². The third-order valence-electron chi connectivity index (χ3n) is 5.50. The first-order valence-electron chi connectivity index (χ1n) is 9.53. The van der Waals surface area contributed by atoms with E-state index in [4.69, 9.17) is 4.74 Å². The Hall–Kier alpha value is -2.24. The van der Waals surface area contributed by atoms with Crippen molar-refractivity contribution in [2.75, 3.05) is 33.3 Å². The average molecular weight is 359 g/mol. The third kappa shape index (κ3) is 3.79. The summed E-state index contributed by atoms with van der Waals surface area (Å²) in [5.74, 6) is 0.999. The predicted molar refractivity (Wildman–Crippen MR) is 100.0 cm³/mol. The zero-order chi connectivity index (χ0) is 18.6. The molecule has 1 N–H and O–H groups in total. The van der Waals surface area contributed by atoms with Gasteiger partial charge in [0.1, 0.15) is 5.75 Å². The first kappa shape index (κ1) is 18.5. The SMILES string of the molecule is CCCNC(=O)N1CC[C@@]2(CCCN(Cc3cccc(OC)c3)C2=O)C1. The van der Waals surface area contributed by atoms with Crippen LogP contribution in [0.3, 0.4) is 0 Å². The second-order valence-electron chi connectivity index (χ2n) is 7.37. The van der Waals surface area contributed by atoms with Crippen LogP contribution in [0.5, 0.6) is 5.75 Å². The van der Waals surface area contributed by atoms with Gasteiger partial charge in [-0.3, -0.25) is 4.79 Å². The van der Waals surface area contributed by atoms with E-state index in [1.54, 1.807) is 7.11 Å². The molecule has 2 fully saturated rings. The number of carbonyl (C=O) groups excluding carboxylic acids is 2. The van der Waals surface area contributed by atoms with Gasteiger partial charge in [-0.2, -0.15) is 0 Å². The van der Waals surface area contributed by atoms with E-state index >= 15 is 0 Å². The molecule has 0 aromatic heterocycles. The van der Waals surface area contributed by atoms with Crippen molar-refractivity contribution < 1.29 is 14.3 Å². The average Bonchev–Trinajstić information content (AvgIpc) is 3.09. The van der Waals surface area contributed by atoms with E-state index in [1.165, 1.54) is 0 Å². The first-order chi connectivity index (χ1) is 12.6. The Morgan fingerprint density at radius 2 is 2.15 bits per heavy atom. The Morgan fingerprint density at radius 1 is 1.31 bits per heavy atom. The summed E-state index contributed by atoms with van der Waals surface area (Å²) in [7, 11) is 1.65. The van der Waals surface area contributed by atoms with E-state index < -0.39 is 5.41 Å². The van der Waals surface area contributed by atoms with Crippen LogP contribution in [-0.2, 0) is 11.3 Å². The number of rotatable bonds is 5. The summed E-state index contributed by atoms with van der Waals surface area (Å²) in [6.07, 6.45) is 3.54. The highest BCUT2D eigenvalue weighted by molar-refractivity contribution is 5.85. The number of hydrogen-bond acceptors (Lipinski definition) is 3. The maximum Gasteiger partial charge on any atom is 0.317 e. The van der Waals surface area contributed by atoms with Crippen molar-refractivity contribution in [3.8, 4) is 5.75 Å². The van der Waals surface area contributed by atoms with Crippen molar-refractivity contribution in [2.24, 2.45) is 5.41 Å². The van der Waals surface area contributed by atoms with Crippen LogP contribution in [0, 0.1) is 5.41 Å². The molecule has 1 aromatic carbocycles. The second-order valence-corrected chi connectivity index (χ2v) is 7.37. The maximum absolute atomic E-state index is 13.2. The van der Waals surface area contributed by atoms with Gasteiger partial charge in [0, 0.05) is 32.7 Å². The fourth-order valence-electron chi connectivity index (χ4n) is 4.06. The lowest BCUT2D eigenvalue weighted by Crippen LogP contribution is -2.50. The second kappa shape index (κ2) is 7.98. The van der Waals surface area contributed by atoms with Gasteiger partial charge in [0.2, 0.25) is 5.91 Å². The standard InChI is InChI=1S/C20H29N3O3/c1-3-10-21-19(25)23-12-9-20(15-23)8-5-11-22(18(20)24)14-16-6-4-7-17(13-16)26-2/h4,6-7,13H,3,5,8-12,14-15H2,1-2H3,(H,21,25)/t20-/m0/s1. The van der Waals surface area contributed by atoms with Crippen LogP contribution in [-0.4, -0.2) is 55.0 Å². The molecule has 0 radical (unpaired) electrons. The molecule has 1 aromatic rings. The van der Waals surface area contributed by atoms with Crippen LogP contribution in [0.25, 0.3) is 0 Å². The zero-order valence-corrected chi connectivity index (χ0v) is 15.8. The van der Waals surface area contributed by atoms with E-state index in [1.807, 2.05) is 41.0 Å². The van der Waals surface area contributed by atoms with Gasteiger partial charge in [-0.25, -0.2) is 4.79 Å². The van der Waals surface area contributed by atoms with Crippen LogP contribution >= 0.6 is 0 Å². The molecule has 2 heterocycles. The number of amides is 3. The molecule has 2 aliphatic heterocycles. The van der Waals surface area contributed by atoms with Gasteiger partial charge < -0.3 is 19.9 Å². The van der Waals surface area contributed by atoms with E-state index in [0.29, 0.717) is 26.2 Å². The van der Waals surface area contributed by atoms with Crippen LogP contribution in [0.15, 0.2) is 24.3 Å². The maximum atomic E-state index is 13.2. The molecule has 3 rings (SSSR count). The van der Waals surface area contributed by atoms with Crippen molar-refractivity contribution in [1.82, 2.24) is 15.1 Å². The monoisotopic (exact) mass is 359 g/mol. The molecule has 3 amide bonds. The molecule has 142 valence electrons. The highest BCUT2D eigenvalue weighted by atomic mass is 16.5. The van der Waals surface area contributed by atoms with E-state index in [-0.39, 0.29) is 11.9 Å². The van der Waals surface area contributed by atoms with Crippen LogP contribution in [0.2, 0.25) is 0 Å². The van der Waals surface area contributed by atoms with Crippen molar-refractivity contribution >= 4 is 11.9 Å². The number of ether oxygens (including phenoxy) is 1. The zero-order valence-electron chi connectivity index (χ0n) is 15.8. The summed E-state index contributed by atoms with van der Waals surface area (Å²) in [6, 6.07) is 7.83. The number of hydrogen-bond donors (Lipinski definition) is 1. The molecular formula is C20H29N3O3. The molecule has 0 aliphatic carbocycles. The number of piperidine rings is 1. The van der Waals surface area contributed by atoms with Crippen LogP contribution in [0.1, 0.15) is 38.2 Å². The molecule has 6 nitrogen and oxygen atoms in total. The highest BCUT2D eigenvalue weighted by Crippen LogP contribution is 2.40. The summed E-state index contributed by atoms with van der Waals surface area (Å²) in [6.45, 7) is 5.29. The van der Waals surface area contributed by atoms with Crippen molar-refractivity contribution in [3.05, 3.63) is 29.8 Å². The minimum Gasteiger partial charge on any atom is -0.497 e. The molecule has 2 aliphatic rings. The summed E-state index contributed by atoms with van der Waals surface area (Å²) >= 11 is 0. The Morgan fingerprint density at radius 3 is 2.92 bits per heavy atom. The van der Waals surface area contributed by atoms with Crippen molar-refractivity contribution in [2.45, 2.75) is 39.2 Å². The van der Waals surface area contributed by atoms with E-state index in [9.17, 15) is 9.59 Å². The normalized spacial score (nSPS) is 22.8. The molecule has 1 spiro atoms. The minimum atomic E-state index is -0.402. The quantitative estimate of drug-likeness (QED) is 0.879. The number of nitrogens with one attached hydrogen (secondary N) is 1. The fourth-order valence-corrected chi connectivity index (χ4v) is 4.06. The highest BCUT2D eigenvalue weighted by Gasteiger charge is 2.49. The number of urea groups is 1. The van der Waals surface area contributed by atoms with E-state index in [2.05, 4.69) is 5.32 Å². The number of likely N-dealkylation sites (tertiary alicyclic amines) is 2. The summed E-state index contributed by atoms with van der Waals surface area (Å²) < 4.78 is 5.28. The Bertz CT molecular complexity index is 663. The number of nitrogens with zero attached hydrogens (tertiary/aromatic N) is 2. The lowest BCUT2D eigenvalue weighted by molar-refractivity contribution is -0.146. The minimum absolute atomic E-state index is 0.0403. The Labute approximate surface area is 155 Å². The number of methoxy groups -OCH3 is 1. The molecule has 6 heteroatoms. The van der Waals surface area contributed by atoms with E-state index in [0.717, 1.165) is 43.5 Å². The topological polar surface area (TPSA) is 61.9 Å². The molecular weight excluding hydrogens is 330 g/mol. The molecule has 0 bridgehead atoms. The van der Waals surface area contributed by atoms with Gasteiger partial charge in [-0.05, 0) is 43.4 Å². The van der Waals surface area contributed by atoms with Gasteiger partial charge in [-0.15, -0.1) is 0 Å². The Balaban J connectivity index is 1.67. The largest absolute Gasteiger partial charge is 0.497 e. The number of carbonyl (C=O) groups is 2. The molecule has 26 heavy (non-hydrogen) atoms. The molecule has 2 saturated heterocycles. The fraction of sp³-hybridized carbons (Fsp3) is 0.600. The summed E-state index contributed by atoms with van der Waals surface area (Å²) in [5.41, 5.74) is 0.672. The van der Waals surface area contributed by atoms with Crippen LogP contribution < -0.4 is 10.1 Å². The van der Waals surface area contributed by atoms with Gasteiger partial charge in [0.15, 0.2) is 0 Å². The lowest BCUT2D eigenvalue weighted by Gasteiger charge is -2.39. The van der Waals surface area contributed by atoms with Gasteiger partial charge in [0.05, 0.1) is 12.5 Å². The molecule has 1 atom stereocenters. The van der Waals surface area contributed by atoms with Gasteiger partial charge >= 0.3 is 6.03 Å². The Kier molecular flexibility index (Phi) is 5.69. The van der Waals surface area contributed by atoms with Gasteiger partial charge in [-0.1, -0.05) is 19.1 Å². The van der Waals surface area contributed by atoms with Crippen molar-refractivity contribution in [3.63, 3.8) is 0 Å². The predicted octanol–water partition coefficient (Wildman–Crippen LogP) is 2.63. The summed E-state index contributed by atoms with van der Waals surface area (Å²) in [4.78, 5) is 29.2. The summed E-state index contributed by atoms with van der Waals surface area (Å²) in [5, 5.41) is 2.92. The first-order valence-corrected chi connectivity index (χ1v) is 9.53. The number of benzene rings is 1. The van der Waals surface area contributed by atoms with Crippen molar-refractivity contribution in [1.29, 1.82) is 0 Å². The third-order valence-corrected chi connectivity index (χ3v) is 5.50. The lowest BCUT2D eigenvalue weighted by atomic mass is 9.78. The van der Waals surface area contributed by atoms with Crippen LogP contribution in [0.4, 0.5) is 4.79 Å². The molecule has 0 unspecified atom stereocenters. The molecule has 0 saturated carbocycles. The smallest absolute Gasteiger partial charge is 0.317 e.